The van der Waals surface area contributed by atoms with Crippen LogP contribution in [0.15, 0.2) is 11.8 Å². The van der Waals surface area contributed by atoms with Crippen molar-refractivity contribution in [3.8, 4) is 0 Å². The highest BCUT2D eigenvalue weighted by Crippen LogP contribution is 2.08. The second-order valence-corrected chi connectivity index (χ2v) is 3.68. The Hall–Kier alpha value is -0.790. The van der Waals surface area contributed by atoms with Crippen LogP contribution in [-0.2, 0) is 4.79 Å². The normalized spacial score (nSPS) is 11.7. The van der Waals surface area contributed by atoms with Crippen molar-refractivity contribution in [2.75, 3.05) is 0 Å². The summed E-state index contributed by atoms with van der Waals surface area (Å²) in [6.45, 7) is 4.00. The average Bonchev–Trinajstić information content (AvgIpc) is 2.21. The van der Waals surface area contributed by atoms with Crippen molar-refractivity contribution >= 4 is 5.78 Å². The molecule has 0 aromatic heterocycles. The van der Waals surface area contributed by atoms with Crippen molar-refractivity contribution in [1.82, 2.24) is 0 Å². The molecule has 0 unspecified atom stereocenters. The summed E-state index contributed by atoms with van der Waals surface area (Å²) in [6.07, 6.45) is 9.55. The van der Waals surface area contributed by atoms with Gasteiger partial charge in [0.05, 0.1) is 5.70 Å². The zero-order valence-electron chi connectivity index (χ0n) is 9.51. The van der Waals surface area contributed by atoms with Crippen LogP contribution in [0.25, 0.3) is 0 Å². The van der Waals surface area contributed by atoms with E-state index in [1.807, 2.05) is 0 Å². The summed E-state index contributed by atoms with van der Waals surface area (Å²) in [7, 11) is 0. The van der Waals surface area contributed by atoms with Crippen LogP contribution in [0.5, 0.6) is 0 Å². The summed E-state index contributed by atoms with van der Waals surface area (Å²) in [5.74, 6) is 0.1000. The van der Waals surface area contributed by atoms with Gasteiger partial charge in [-0.05, 0) is 13.3 Å². The van der Waals surface area contributed by atoms with Crippen LogP contribution in [-0.4, -0.2) is 5.78 Å². The Morgan fingerprint density at radius 2 is 1.71 bits per heavy atom. The van der Waals surface area contributed by atoms with E-state index in [0.717, 1.165) is 12.8 Å². The zero-order valence-corrected chi connectivity index (χ0v) is 9.51. The molecule has 0 radical (unpaired) electrons. The van der Waals surface area contributed by atoms with Gasteiger partial charge in [0.1, 0.15) is 0 Å². The summed E-state index contributed by atoms with van der Waals surface area (Å²) in [6, 6.07) is 0. The van der Waals surface area contributed by atoms with Crippen molar-refractivity contribution in [3.05, 3.63) is 11.8 Å². The molecule has 0 aliphatic carbocycles. The first-order valence-corrected chi connectivity index (χ1v) is 5.67. The van der Waals surface area contributed by atoms with E-state index in [4.69, 9.17) is 5.73 Å². The Bertz CT molecular complexity index is 185. The maximum Gasteiger partial charge on any atom is 0.178 e. The molecule has 0 aromatic rings. The zero-order chi connectivity index (χ0) is 10.8. The van der Waals surface area contributed by atoms with Crippen LogP contribution in [0, 0.1) is 0 Å². The van der Waals surface area contributed by atoms with Crippen LogP contribution < -0.4 is 5.73 Å². The third kappa shape index (κ3) is 6.70. The van der Waals surface area contributed by atoms with Crippen LogP contribution in [0.1, 0.15) is 58.8 Å². The Morgan fingerprint density at radius 1 is 1.14 bits per heavy atom. The number of hydrogen-bond donors (Lipinski definition) is 1. The molecule has 0 saturated carbocycles. The molecule has 0 fully saturated rings. The van der Waals surface area contributed by atoms with Gasteiger partial charge in [-0.1, -0.05) is 45.1 Å². The van der Waals surface area contributed by atoms with Gasteiger partial charge in [-0.25, -0.2) is 0 Å². The maximum absolute atomic E-state index is 11.3. The minimum absolute atomic E-state index is 0.1000. The lowest BCUT2D eigenvalue weighted by Gasteiger charge is -2.01. The fourth-order valence-electron chi connectivity index (χ4n) is 1.37. The number of hydrogen-bond acceptors (Lipinski definition) is 2. The first-order chi connectivity index (χ1) is 6.72. The molecule has 0 bridgehead atoms. The van der Waals surface area contributed by atoms with E-state index in [1.54, 1.807) is 13.0 Å². The number of ketones is 1. The molecular weight excluding hydrogens is 174 g/mol. The molecule has 82 valence electrons. The monoisotopic (exact) mass is 197 g/mol. The van der Waals surface area contributed by atoms with Crippen molar-refractivity contribution in [3.63, 3.8) is 0 Å². The SMILES string of the molecule is C/C=C(/N)C(=O)CCCCCCCC. The van der Waals surface area contributed by atoms with Crippen LogP contribution in [0.4, 0.5) is 0 Å². The molecular formula is C12H23NO. The van der Waals surface area contributed by atoms with Gasteiger partial charge in [0.2, 0.25) is 0 Å². The van der Waals surface area contributed by atoms with Crippen LogP contribution in [0.2, 0.25) is 0 Å². The van der Waals surface area contributed by atoms with Gasteiger partial charge >= 0.3 is 0 Å². The average molecular weight is 197 g/mol. The predicted octanol–water partition coefficient (Wildman–Crippen LogP) is 3.17. The van der Waals surface area contributed by atoms with E-state index in [0.29, 0.717) is 12.1 Å². The largest absolute Gasteiger partial charge is 0.396 e. The molecule has 0 heterocycles. The fraction of sp³-hybridized carbons (Fsp3) is 0.750. The summed E-state index contributed by atoms with van der Waals surface area (Å²) in [5.41, 5.74) is 5.91. The van der Waals surface area contributed by atoms with Gasteiger partial charge in [0.25, 0.3) is 0 Å². The lowest BCUT2D eigenvalue weighted by Crippen LogP contribution is -2.10. The molecule has 14 heavy (non-hydrogen) atoms. The second-order valence-electron chi connectivity index (χ2n) is 3.68. The van der Waals surface area contributed by atoms with Crippen LogP contribution >= 0.6 is 0 Å². The lowest BCUT2D eigenvalue weighted by atomic mass is 10.1. The van der Waals surface area contributed by atoms with Gasteiger partial charge in [0, 0.05) is 6.42 Å². The molecule has 0 aliphatic rings. The van der Waals surface area contributed by atoms with E-state index >= 15 is 0 Å². The first kappa shape index (κ1) is 13.2. The van der Waals surface area contributed by atoms with Gasteiger partial charge < -0.3 is 5.73 Å². The molecule has 0 saturated heterocycles. The van der Waals surface area contributed by atoms with Crippen molar-refractivity contribution in [2.45, 2.75) is 58.8 Å². The van der Waals surface area contributed by atoms with Gasteiger partial charge in [-0.2, -0.15) is 0 Å². The second kappa shape index (κ2) is 8.79. The highest BCUT2D eigenvalue weighted by atomic mass is 16.1. The highest BCUT2D eigenvalue weighted by molar-refractivity contribution is 5.94. The Balaban J connectivity index is 3.32. The summed E-state index contributed by atoms with van der Waals surface area (Å²) >= 11 is 0. The minimum atomic E-state index is 0.1000. The summed E-state index contributed by atoms with van der Waals surface area (Å²) in [4.78, 5) is 11.3. The number of unbranched alkanes of at least 4 members (excludes halogenated alkanes) is 5. The van der Waals surface area contributed by atoms with Crippen molar-refractivity contribution in [2.24, 2.45) is 5.73 Å². The topological polar surface area (TPSA) is 43.1 Å². The standard InChI is InChI=1S/C12H23NO/c1-3-5-6-7-8-9-10-12(14)11(13)4-2/h4H,3,5-10,13H2,1-2H3/b11-4+. The Morgan fingerprint density at radius 3 is 2.29 bits per heavy atom. The first-order valence-electron chi connectivity index (χ1n) is 5.67. The van der Waals surface area contributed by atoms with Gasteiger partial charge in [-0.15, -0.1) is 0 Å². The smallest absolute Gasteiger partial charge is 0.178 e. The molecule has 0 amide bonds. The van der Waals surface area contributed by atoms with E-state index in [-0.39, 0.29) is 5.78 Å². The predicted molar refractivity (Wildman–Crippen MR) is 60.9 cm³/mol. The van der Waals surface area contributed by atoms with E-state index in [9.17, 15) is 4.79 Å². The van der Waals surface area contributed by atoms with E-state index in [2.05, 4.69) is 6.92 Å². The third-order valence-electron chi connectivity index (χ3n) is 2.39. The number of nitrogens with two attached hydrogens (primary N) is 1. The molecule has 0 aliphatic heterocycles. The Kier molecular flexibility index (Phi) is 8.30. The molecule has 2 nitrogen and oxygen atoms in total. The lowest BCUT2D eigenvalue weighted by molar-refractivity contribution is -0.115. The van der Waals surface area contributed by atoms with E-state index < -0.39 is 0 Å². The number of carbonyl (C=O) groups is 1. The maximum atomic E-state index is 11.3. The number of allylic oxidation sites excluding steroid dienone is 2. The highest BCUT2D eigenvalue weighted by Gasteiger charge is 2.02. The number of carbonyl (C=O) groups excluding carboxylic acids is 1. The molecule has 0 rings (SSSR count). The molecule has 2 heteroatoms. The summed E-state index contributed by atoms with van der Waals surface area (Å²) in [5, 5.41) is 0. The quantitative estimate of drug-likeness (QED) is 0.480. The number of rotatable bonds is 8. The minimum Gasteiger partial charge on any atom is -0.396 e. The van der Waals surface area contributed by atoms with Crippen molar-refractivity contribution in [1.29, 1.82) is 0 Å². The number of Topliss-reactive ketones (excluding diaryl/α,β-unsaturated/α-hetero) is 1. The molecule has 0 atom stereocenters. The molecule has 2 N–H and O–H groups in total. The third-order valence-corrected chi connectivity index (χ3v) is 2.39. The Labute approximate surface area is 87.6 Å². The fourth-order valence-corrected chi connectivity index (χ4v) is 1.37. The van der Waals surface area contributed by atoms with Crippen LogP contribution in [0.3, 0.4) is 0 Å². The van der Waals surface area contributed by atoms with Gasteiger partial charge in [-0.3, -0.25) is 4.79 Å². The molecule has 0 aromatic carbocycles. The molecule has 0 spiro atoms. The van der Waals surface area contributed by atoms with E-state index in [1.165, 1.54) is 25.7 Å². The van der Waals surface area contributed by atoms with Gasteiger partial charge in [0.15, 0.2) is 5.78 Å². The van der Waals surface area contributed by atoms with Crippen molar-refractivity contribution < 1.29 is 4.79 Å². The summed E-state index contributed by atoms with van der Waals surface area (Å²) < 4.78 is 0.